The van der Waals surface area contributed by atoms with E-state index in [0.717, 1.165) is 6.67 Å². The smallest absolute Gasteiger partial charge is 0.100 e. The number of benzene rings is 3. The van der Waals surface area contributed by atoms with Crippen molar-refractivity contribution in [2.45, 2.75) is 105 Å². The summed E-state index contributed by atoms with van der Waals surface area (Å²) in [4.78, 5) is 5.00. The van der Waals surface area contributed by atoms with Crippen LogP contribution in [-0.4, -0.2) is 6.67 Å². The Labute approximate surface area is 226 Å². The van der Waals surface area contributed by atoms with Gasteiger partial charge < -0.3 is 9.80 Å². The van der Waals surface area contributed by atoms with Crippen molar-refractivity contribution in [3.63, 3.8) is 0 Å². The van der Waals surface area contributed by atoms with Crippen molar-refractivity contribution in [3.05, 3.63) is 82.9 Å². The minimum Gasteiger partial charge on any atom is -0.321 e. The van der Waals surface area contributed by atoms with Gasteiger partial charge in [-0.05, 0) is 80.3 Å². The molecular formula is C35H48N2. The predicted molar refractivity (Wildman–Crippen MR) is 163 cm³/mol. The standard InChI is InChI=1S/C35H48N2/c1-32(2,3)24-17-25(33(4,5)6)20-28(19-24)36-23-37(31-16-14-13-15-30(31)36)29-21-26(34(7,8)9)18-27(22-29)35(10,11)12/h13-22H,23H2,1-12H3. The first kappa shape index (κ1) is 27.3. The molecule has 0 N–H and O–H groups in total. The van der Waals surface area contributed by atoms with Gasteiger partial charge in [0, 0.05) is 11.4 Å². The third kappa shape index (κ3) is 5.59. The summed E-state index contributed by atoms with van der Waals surface area (Å²) >= 11 is 0. The maximum absolute atomic E-state index is 2.50. The maximum atomic E-state index is 2.50. The van der Waals surface area contributed by atoms with E-state index >= 15 is 0 Å². The maximum Gasteiger partial charge on any atom is 0.100 e. The van der Waals surface area contributed by atoms with Crippen LogP contribution in [0.15, 0.2) is 60.7 Å². The lowest BCUT2D eigenvalue weighted by atomic mass is 9.80. The van der Waals surface area contributed by atoms with Crippen LogP contribution in [0.4, 0.5) is 22.7 Å². The Morgan fingerprint density at radius 3 is 0.946 bits per heavy atom. The van der Waals surface area contributed by atoms with E-state index in [0.29, 0.717) is 0 Å². The summed E-state index contributed by atoms with van der Waals surface area (Å²) in [5.74, 6) is 0. The van der Waals surface area contributed by atoms with Crippen LogP contribution in [0.1, 0.15) is 105 Å². The Bertz CT molecular complexity index is 1120. The molecule has 0 saturated carbocycles. The fraction of sp³-hybridized carbons (Fsp3) is 0.486. The molecule has 3 aromatic rings. The zero-order chi connectivity index (χ0) is 27.6. The second-order valence-electron chi connectivity index (χ2n) is 15.0. The molecule has 0 atom stereocenters. The van der Waals surface area contributed by atoms with Crippen LogP contribution in [0.2, 0.25) is 0 Å². The Hall–Kier alpha value is -2.74. The van der Waals surface area contributed by atoms with E-state index in [2.05, 4.69) is 154 Å². The van der Waals surface area contributed by atoms with Gasteiger partial charge in [0.25, 0.3) is 0 Å². The summed E-state index contributed by atoms with van der Waals surface area (Å²) in [5.41, 5.74) is 11.0. The number of anilines is 4. The summed E-state index contributed by atoms with van der Waals surface area (Å²) < 4.78 is 0. The lowest BCUT2D eigenvalue weighted by Crippen LogP contribution is -2.26. The molecule has 198 valence electrons. The fourth-order valence-corrected chi connectivity index (χ4v) is 4.92. The molecule has 0 unspecified atom stereocenters. The number of hydrogen-bond acceptors (Lipinski definition) is 2. The molecule has 0 fully saturated rings. The molecule has 3 aromatic carbocycles. The first-order chi connectivity index (χ1) is 16.9. The molecule has 1 aliphatic rings. The van der Waals surface area contributed by atoms with Crippen molar-refractivity contribution in [1.29, 1.82) is 0 Å². The van der Waals surface area contributed by atoms with E-state index in [1.807, 2.05) is 0 Å². The highest BCUT2D eigenvalue weighted by Crippen LogP contribution is 2.47. The fourth-order valence-electron chi connectivity index (χ4n) is 4.92. The quantitative estimate of drug-likeness (QED) is 0.348. The van der Waals surface area contributed by atoms with Crippen LogP contribution in [0.3, 0.4) is 0 Å². The number of hydrogen-bond donors (Lipinski definition) is 0. The van der Waals surface area contributed by atoms with Gasteiger partial charge in [-0.25, -0.2) is 0 Å². The highest BCUT2D eigenvalue weighted by atomic mass is 15.4. The zero-order valence-electron chi connectivity index (χ0n) is 25.4. The molecular weight excluding hydrogens is 448 g/mol. The topological polar surface area (TPSA) is 6.48 Å². The Balaban J connectivity index is 1.89. The van der Waals surface area contributed by atoms with Gasteiger partial charge in [-0.2, -0.15) is 0 Å². The third-order valence-electron chi connectivity index (χ3n) is 7.67. The first-order valence-electron chi connectivity index (χ1n) is 13.8. The van der Waals surface area contributed by atoms with Crippen LogP contribution in [0.5, 0.6) is 0 Å². The Kier molecular flexibility index (Phi) is 6.59. The summed E-state index contributed by atoms with van der Waals surface area (Å²) in [6, 6.07) is 23.3. The van der Waals surface area contributed by atoms with Crippen LogP contribution in [-0.2, 0) is 21.7 Å². The SMILES string of the molecule is CC(C)(C)c1cc(N2CN(c3cc(C(C)(C)C)cc(C(C)(C)C)c3)c3ccccc32)cc(C(C)(C)C)c1. The second-order valence-corrected chi connectivity index (χ2v) is 15.0. The average Bonchev–Trinajstić information content (AvgIpc) is 3.16. The van der Waals surface area contributed by atoms with Gasteiger partial charge >= 0.3 is 0 Å². The molecule has 0 bridgehead atoms. The minimum atomic E-state index is 0.0809. The third-order valence-corrected chi connectivity index (χ3v) is 7.67. The minimum absolute atomic E-state index is 0.0809. The van der Waals surface area contributed by atoms with E-state index in [1.54, 1.807) is 0 Å². The van der Waals surface area contributed by atoms with Gasteiger partial charge in [-0.1, -0.05) is 107 Å². The van der Waals surface area contributed by atoms with Gasteiger partial charge in [-0.3, -0.25) is 0 Å². The van der Waals surface area contributed by atoms with Gasteiger partial charge in [0.2, 0.25) is 0 Å². The normalized spacial score (nSPS) is 14.8. The highest BCUT2D eigenvalue weighted by molar-refractivity contribution is 5.87. The van der Waals surface area contributed by atoms with Crippen LogP contribution in [0, 0.1) is 0 Å². The van der Waals surface area contributed by atoms with Crippen molar-refractivity contribution >= 4 is 22.7 Å². The van der Waals surface area contributed by atoms with Crippen molar-refractivity contribution in [3.8, 4) is 0 Å². The number of rotatable bonds is 2. The molecule has 0 aliphatic carbocycles. The lowest BCUT2D eigenvalue weighted by Gasteiger charge is -2.30. The highest BCUT2D eigenvalue weighted by Gasteiger charge is 2.31. The summed E-state index contributed by atoms with van der Waals surface area (Å²) in [6.45, 7) is 28.6. The first-order valence-corrected chi connectivity index (χ1v) is 13.8. The van der Waals surface area contributed by atoms with Crippen molar-refractivity contribution < 1.29 is 0 Å². The number of nitrogens with zero attached hydrogens (tertiary/aromatic N) is 2. The molecule has 37 heavy (non-hydrogen) atoms. The van der Waals surface area contributed by atoms with Gasteiger partial charge in [-0.15, -0.1) is 0 Å². The van der Waals surface area contributed by atoms with Gasteiger partial charge in [0.15, 0.2) is 0 Å². The monoisotopic (exact) mass is 496 g/mol. The van der Waals surface area contributed by atoms with Crippen LogP contribution in [0.25, 0.3) is 0 Å². The largest absolute Gasteiger partial charge is 0.321 e. The van der Waals surface area contributed by atoms with Gasteiger partial charge in [0.05, 0.1) is 11.4 Å². The molecule has 4 rings (SSSR count). The van der Waals surface area contributed by atoms with Gasteiger partial charge in [0.1, 0.15) is 6.67 Å². The van der Waals surface area contributed by atoms with Crippen LogP contribution >= 0.6 is 0 Å². The predicted octanol–water partition coefficient (Wildman–Crippen LogP) is 10.1. The molecule has 1 aliphatic heterocycles. The second kappa shape index (κ2) is 8.93. The molecule has 0 radical (unpaired) electrons. The molecule has 1 heterocycles. The number of fused-ring (bicyclic) bond motifs is 1. The van der Waals surface area contributed by atoms with E-state index in [1.165, 1.54) is 45.0 Å². The summed E-state index contributed by atoms with van der Waals surface area (Å²) in [7, 11) is 0. The molecule has 0 aromatic heterocycles. The average molecular weight is 497 g/mol. The molecule has 2 heteroatoms. The van der Waals surface area contributed by atoms with Crippen molar-refractivity contribution in [1.82, 2.24) is 0 Å². The number of para-hydroxylation sites is 2. The Morgan fingerprint density at radius 1 is 0.432 bits per heavy atom. The summed E-state index contributed by atoms with van der Waals surface area (Å²) in [5, 5.41) is 0. The van der Waals surface area contributed by atoms with Crippen molar-refractivity contribution in [2.24, 2.45) is 0 Å². The summed E-state index contributed by atoms with van der Waals surface area (Å²) in [6.07, 6.45) is 0. The lowest BCUT2D eigenvalue weighted by molar-refractivity contribution is 0.568. The van der Waals surface area contributed by atoms with Crippen LogP contribution < -0.4 is 9.80 Å². The zero-order valence-corrected chi connectivity index (χ0v) is 25.4. The van der Waals surface area contributed by atoms with E-state index in [4.69, 9.17) is 0 Å². The van der Waals surface area contributed by atoms with E-state index in [-0.39, 0.29) is 21.7 Å². The molecule has 2 nitrogen and oxygen atoms in total. The van der Waals surface area contributed by atoms with Crippen molar-refractivity contribution in [2.75, 3.05) is 16.5 Å². The molecule has 0 amide bonds. The Morgan fingerprint density at radius 2 is 0.703 bits per heavy atom. The van der Waals surface area contributed by atoms with E-state index in [9.17, 15) is 0 Å². The molecule has 0 spiro atoms. The molecule has 0 saturated heterocycles. The van der Waals surface area contributed by atoms with E-state index < -0.39 is 0 Å².